The topological polar surface area (TPSA) is 78.6 Å². The molecule has 2 N–H and O–H groups in total. The SMILES string of the molecule is CC(C)(C)c1cc(NC(=O)[C@@H]2C[C@@H](O)CN2C2CC2)no1. The van der Waals surface area contributed by atoms with Gasteiger partial charge in [0.05, 0.1) is 12.1 Å². The van der Waals surface area contributed by atoms with E-state index in [4.69, 9.17) is 4.52 Å². The summed E-state index contributed by atoms with van der Waals surface area (Å²) in [5.41, 5.74) is -0.139. The van der Waals surface area contributed by atoms with Gasteiger partial charge in [-0.05, 0) is 19.3 Å². The first-order chi connectivity index (χ1) is 9.84. The molecule has 6 nitrogen and oxygen atoms in total. The van der Waals surface area contributed by atoms with Crippen molar-refractivity contribution >= 4 is 11.7 Å². The van der Waals surface area contributed by atoms with Crippen LogP contribution in [0.3, 0.4) is 0 Å². The van der Waals surface area contributed by atoms with Crippen LogP contribution in [0.25, 0.3) is 0 Å². The van der Waals surface area contributed by atoms with Crippen molar-refractivity contribution in [3.8, 4) is 0 Å². The Bertz CT molecular complexity index is 531. The van der Waals surface area contributed by atoms with E-state index in [0.29, 0.717) is 24.8 Å². The highest BCUT2D eigenvalue weighted by Crippen LogP contribution is 2.34. The van der Waals surface area contributed by atoms with Crippen LogP contribution in [-0.4, -0.2) is 45.8 Å². The number of amides is 1. The van der Waals surface area contributed by atoms with Gasteiger partial charge in [0.25, 0.3) is 0 Å². The molecule has 1 aliphatic carbocycles. The zero-order valence-electron chi connectivity index (χ0n) is 12.8. The van der Waals surface area contributed by atoms with Crippen LogP contribution >= 0.6 is 0 Å². The lowest BCUT2D eigenvalue weighted by molar-refractivity contribution is -0.120. The molecule has 1 aromatic rings. The predicted octanol–water partition coefficient (Wildman–Crippen LogP) is 1.51. The quantitative estimate of drug-likeness (QED) is 0.883. The number of hydrogen-bond acceptors (Lipinski definition) is 5. The highest BCUT2D eigenvalue weighted by Gasteiger charge is 2.43. The minimum absolute atomic E-state index is 0.104. The van der Waals surface area contributed by atoms with Crippen molar-refractivity contribution in [1.82, 2.24) is 10.1 Å². The predicted molar refractivity (Wildman–Crippen MR) is 78.0 cm³/mol. The molecular formula is C15H23N3O3. The molecule has 2 heterocycles. The lowest BCUT2D eigenvalue weighted by Gasteiger charge is -2.22. The van der Waals surface area contributed by atoms with Gasteiger partial charge in [-0.25, -0.2) is 0 Å². The van der Waals surface area contributed by atoms with Gasteiger partial charge in [0.1, 0.15) is 5.76 Å². The smallest absolute Gasteiger partial charge is 0.243 e. The van der Waals surface area contributed by atoms with E-state index in [0.717, 1.165) is 18.6 Å². The van der Waals surface area contributed by atoms with E-state index in [1.807, 2.05) is 20.8 Å². The maximum absolute atomic E-state index is 12.4. The second-order valence-electron chi connectivity index (χ2n) is 7.15. The first-order valence-electron chi connectivity index (χ1n) is 7.56. The fourth-order valence-electron chi connectivity index (χ4n) is 2.80. The normalized spacial score (nSPS) is 27.0. The number of rotatable bonds is 3. The number of β-amino-alcohol motifs (C(OH)–C–C–N with tert-alkyl or cyclic N) is 1. The van der Waals surface area contributed by atoms with Gasteiger partial charge >= 0.3 is 0 Å². The fourth-order valence-corrected chi connectivity index (χ4v) is 2.80. The largest absolute Gasteiger partial charge is 0.392 e. The Morgan fingerprint density at radius 2 is 2.19 bits per heavy atom. The number of aliphatic hydroxyl groups excluding tert-OH is 1. The molecule has 0 unspecified atom stereocenters. The van der Waals surface area contributed by atoms with Gasteiger partial charge in [0, 0.05) is 24.1 Å². The van der Waals surface area contributed by atoms with Crippen molar-refractivity contribution < 1.29 is 14.4 Å². The molecule has 6 heteroatoms. The standard InChI is InChI=1S/C15H23N3O3/c1-15(2,3)12-7-13(17-21-12)16-14(20)11-6-10(19)8-18(11)9-4-5-9/h7,9-11,19H,4-6,8H2,1-3H3,(H,16,17,20)/t10-,11+/m1/s1. The molecule has 0 radical (unpaired) electrons. The number of likely N-dealkylation sites (tertiary alicyclic amines) is 1. The molecule has 0 bridgehead atoms. The van der Waals surface area contributed by atoms with Crippen LogP contribution in [0.4, 0.5) is 5.82 Å². The molecular weight excluding hydrogens is 270 g/mol. The summed E-state index contributed by atoms with van der Waals surface area (Å²) >= 11 is 0. The maximum atomic E-state index is 12.4. The molecule has 0 spiro atoms. The highest BCUT2D eigenvalue weighted by atomic mass is 16.5. The van der Waals surface area contributed by atoms with Crippen molar-refractivity contribution in [2.75, 3.05) is 11.9 Å². The molecule has 21 heavy (non-hydrogen) atoms. The van der Waals surface area contributed by atoms with E-state index >= 15 is 0 Å². The van der Waals surface area contributed by atoms with Crippen LogP contribution < -0.4 is 5.32 Å². The van der Waals surface area contributed by atoms with E-state index in [9.17, 15) is 9.90 Å². The monoisotopic (exact) mass is 293 g/mol. The second kappa shape index (κ2) is 5.10. The van der Waals surface area contributed by atoms with Crippen LogP contribution in [-0.2, 0) is 10.2 Å². The van der Waals surface area contributed by atoms with Gasteiger partial charge in [-0.3, -0.25) is 9.69 Å². The number of hydrogen-bond donors (Lipinski definition) is 2. The molecule has 3 rings (SSSR count). The molecule has 2 fully saturated rings. The molecule has 116 valence electrons. The molecule has 1 saturated heterocycles. The third-order valence-corrected chi connectivity index (χ3v) is 4.14. The van der Waals surface area contributed by atoms with Gasteiger partial charge in [-0.2, -0.15) is 0 Å². The van der Waals surface area contributed by atoms with Gasteiger partial charge in [-0.1, -0.05) is 25.9 Å². The zero-order chi connectivity index (χ0) is 15.2. The lowest BCUT2D eigenvalue weighted by atomic mass is 9.93. The average Bonchev–Trinajstić information content (AvgIpc) is 2.98. The summed E-state index contributed by atoms with van der Waals surface area (Å²) in [4.78, 5) is 14.5. The van der Waals surface area contributed by atoms with Crippen LogP contribution in [0.5, 0.6) is 0 Å². The maximum Gasteiger partial charge on any atom is 0.243 e. The minimum Gasteiger partial charge on any atom is -0.392 e. The van der Waals surface area contributed by atoms with Gasteiger partial charge in [0.15, 0.2) is 5.82 Å². The third kappa shape index (κ3) is 3.11. The number of aliphatic hydroxyl groups is 1. The highest BCUT2D eigenvalue weighted by molar-refractivity contribution is 5.94. The summed E-state index contributed by atoms with van der Waals surface area (Å²) < 4.78 is 5.27. The van der Waals surface area contributed by atoms with Crippen molar-refractivity contribution in [2.45, 2.75) is 63.6 Å². The fraction of sp³-hybridized carbons (Fsp3) is 0.733. The Kier molecular flexibility index (Phi) is 3.53. The first kappa shape index (κ1) is 14.5. The van der Waals surface area contributed by atoms with E-state index in [1.165, 1.54) is 0 Å². The summed E-state index contributed by atoms with van der Waals surface area (Å²) in [6.07, 6.45) is 2.32. The second-order valence-corrected chi connectivity index (χ2v) is 7.15. The minimum atomic E-state index is -0.413. The molecule has 1 saturated carbocycles. The van der Waals surface area contributed by atoms with Crippen molar-refractivity contribution in [3.05, 3.63) is 11.8 Å². The van der Waals surface area contributed by atoms with Crippen molar-refractivity contribution in [1.29, 1.82) is 0 Å². The van der Waals surface area contributed by atoms with Crippen LogP contribution in [0.2, 0.25) is 0 Å². The molecule has 1 amide bonds. The van der Waals surface area contributed by atoms with Crippen LogP contribution in [0.1, 0.15) is 45.8 Å². The molecule has 2 atom stereocenters. The van der Waals surface area contributed by atoms with Gasteiger partial charge in [-0.15, -0.1) is 0 Å². The number of carbonyl (C=O) groups is 1. The van der Waals surface area contributed by atoms with Gasteiger partial charge < -0.3 is 14.9 Å². The van der Waals surface area contributed by atoms with E-state index in [1.54, 1.807) is 6.07 Å². The number of nitrogens with zero attached hydrogens (tertiary/aromatic N) is 2. The number of carbonyl (C=O) groups excluding carboxylic acids is 1. The summed E-state index contributed by atoms with van der Waals surface area (Å²) in [6, 6.07) is 1.97. The Balaban J connectivity index is 1.67. The van der Waals surface area contributed by atoms with Crippen LogP contribution in [0.15, 0.2) is 10.6 Å². The molecule has 0 aromatic carbocycles. The molecule has 1 aliphatic heterocycles. The van der Waals surface area contributed by atoms with Crippen LogP contribution in [0, 0.1) is 0 Å². The Morgan fingerprint density at radius 1 is 1.48 bits per heavy atom. The Morgan fingerprint density at radius 3 is 2.76 bits per heavy atom. The van der Waals surface area contributed by atoms with Crippen molar-refractivity contribution in [2.24, 2.45) is 0 Å². The number of anilines is 1. The lowest BCUT2D eigenvalue weighted by Crippen LogP contribution is -2.40. The Labute approximate surface area is 124 Å². The summed E-state index contributed by atoms with van der Waals surface area (Å²) in [6.45, 7) is 6.68. The number of nitrogens with one attached hydrogen (secondary N) is 1. The molecule has 1 aromatic heterocycles. The van der Waals surface area contributed by atoms with E-state index in [2.05, 4.69) is 15.4 Å². The third-order valence-electron chi connectivity index (χ3n) is 4.14. The summed E-state index contributed by atoms with van der Waals surface area (Å²) in [5.74, 6) is 1.08. The number of aromatic nitrogens is 1. The summed E-state index contributed by atoms with van der Waals surface area (Å²) in [5, 5.41) is 16.5. The van der Waals surface area contributed by atoms with Crippen molar-refractivity contribution in [3.63, 3.8) is 0 Å². The average molecular weight is 293 g/mol. The first-order valence-corrected chi connectivity index (χ1v) is 7.56. The van der Waals surface area contributed by atoms with E-state index in [-0.39, 0.29) is 17.4 Å². The Hall–Kier alpha value is -1.40. The van der Waals surface area contributed by atoms with E-state index < -0.39 is 6.10 Å². The zero-order valence-corrected chi connectivity index (χ0v) is 12.8. The van der Waals surface area contributed by atoms with Gasteiger partial charge in [0.2, 0.25) is 5.91 Å². The molecule has 2 aliphatic rings. The summed E-state index contributed by atoms with van der Waals surface area (Å²) in [7, 11) is 0.